The van der Waals surface area contributed by atoms with Crippen LogP contribution in [0.25, 0.3) is 0 Å². The van der Waals surface area contributed by atoms with Gasteiger partial charge in [-0.1, -0.05) is 19.1 Å². The fraction of sp³-hybridized carbons (Fsp3) is 0.462. The zero-order valence-corrected chi connectivity index (χ0v) is 10.2. The molecule has 0 fully saturated rings. The van der Waals surface area contributed by atoms with Gasteiger partial charge in [0.25, 0.3) is 0 Å². The molecule has 0 saturated carbocycles. The molecule has 3 heteroatoms. The molecule has 0 aromatic heterocycles. The SMILES string of the molecule is CCC(C)(C)NC(=O)Cc1cccc(N)c1. The van der Waals surface area contributed by atoms with Crippen LogP contribution in [0.15, 0.2) is 24.3 Å². The topological polar surface area (TPSA) is 55.1 Å². The number of nitrogens with one attached hydrogen (secondary N) is 1. The largest absolute Gasteiger partial charge is 0.399 e. The van der Waals surface area contributed by atoms with Crippen LogP contribution in [-0.2, 0) is 11.2 Å². The van der Waals surface area contributed by atoms with Crippen LogP contribution < -0.4 is 11.1 Å². The van der Waals surface area contributed by atoms with E-state index < -0.39 is 0 Å². The minimum absolute atomic E-state index is 0.0393. The van der Waals surface area contributed by atoms with E-state index in [4.69, 9.17) is 5.73 Å². The van der Waals surface area contributed by atoms with E-state index in [2.05, 4.69) is 12.2 Å². The van der Waals surface area contributed by atoms with Crippen LogP contribution in [0.5, 0.6) is 0 Å². The maximum atomic E-state index is 11.7. The summed E-state index contributed by atoms with van der Waals surface area (Å²) < 4.78 is 0. The molecular formula is C13H20N2O. The normalized spacial score (nSPS) is 11.2. The average molecular weight is 220 g/mol. The van der Waals surface area contributed by atoms with Crippen molar-refractivity contribution in [3.8, 4) is 0 Å². The molecule has 0 radical (unpaired) electrons. The Labute approximate surface area is 97.0 Å². The molecule has 1 amide bonds. The molecule has 0 aliphatic carbocycles. The van der Waals surface area contributed by atoms with Crippen molar-refractivity contribution in [3.63, 3.8) is 0 Å². The molecule has 16 heavy (non-hydrogen) atoms. The van der Waals surface area contributed by atoms with E-state index in [1.807, 2.05) is 38.1 Å². The quantitative estimate of drug-likeness (QED) is 0.764. The summed E-state index contributed by atoms with van der Waals surface area (Å²) in [5.41, 5.74) is 7.16. The standard InChI is InChI=1S/C13H20N2O/c1-4-13(2,3)15-12(16)9-10-6-5-7-11(14)8-10/h5-8H,4,9,14H2,1-3H3,(H,15,16). The second-order valence-corrected chi connectivity index (χ2v) is 4.71. The van der Waals surface area contributed by atoms with E-state index in [0.29, 0.717) is 12.1 Å². The van der Waals surface area contributed by atoms with Crippen LogP contribution in [0.3, 0.4) is 0 Å². The van der Waals surface area contributed by atoms with Crippen molar-refractivity contribution < 1.29 is 4.79 Å². The highest BCUT2D eigenvalue weighted by Crippen LogP contribution is 2.10. The van der Waals surface area contributed by atoms with Crippen LogP contribution in [0.1, 0.15) is 32.8 Å². The van der Waals surface area contributed by atoms with Crippen LogP contribution in [0.4, 0.5) is 5.69 Å². The molecule has 88 valence electrons. The fourth-order valence-corrected chi connectivity index (χ4v) is 1.40. The average Bonchev–Trinajstić information content (AvgIpc) is 2.16. The summed E-state index contributed by atoms with van der Waals surface area (Å²) in [5, 5.41) is 2.99. The first-order valence-corrected chi connectivity index (χ1v) is 5.58. The molecule has 3 nitrogen and oxygen atoms in total. The fourth-order valence-electron chi connectivity index (χ4n) is 1.40. The molecule has 0 aliphatic rings. The Hall–Kier alpha value is -1.51. The second-order valence-electron chi connectivity index (χ2n) is 4.71. The Bertz CT molecular complexity index is 372. The van der Waals surface area contributed by atoms with Crippen molar-refractivity contribution in [2.75, 3.05) is 5.73 Å². The van der Waals surface area contributed by atoms with Gasteiger partial charge in [-0.3, -0.25) is 4.79 Å². The zero-order chi connectivity index (χ0) is 12.2. The Morgan fingerprint density at radius 2 is 2.12 bits per heavy atom. The van der Waals surface area contributed by atoms with Gasteiger partial charge in [-0.2, -0.15) is 0 Å². The minimum Gasteiger partial charge on any atom is -0.399 e. The smallest absolute Gasteiger partial charge is 0.224 e. The van der Waals surface area contributed by atoms with Crippen molar-refractivity contribution in [1.82, 2.24) is 5.32 Å². The molecular weight excluding hydrogens is 200 g/mol. The monoisotopic (exact) mass is 220 g/mol. The van der Waals surface area contributed by atoms with Gasteiger partial charge in [0.2, 0.25) is 5.91 Å². The van der Waals surface area contributed by atoms with E-state index in [0.717, 1.165) is 12.0 Å². The summed E-state index contributed by atoms with van der Waals surface area (Å²) in [6.45, 7) is 6.09. The Morgan fingerprint density at radius 3 is 2.69 bits per heavy atom. The van der Waals surface area contributed by atoms with Crippen molar-refractivity contribution in [1.29, 1.82) is 0 Å². The minimum atomic E-state index is -0.141. The van der Waals surface area contributed by atoms with Gasteiger partial charge in [0, 0.05) is 11.2 Å². The molecule has 3 N–H and O–H groups in total. The molecule has 0 heterocycles. The van der Waals surface area contributed by atoms with Crippen molar-refractivity contribution in [2.24, 2.45) is 0 Å². The first kappa shape index (κ1) is 12.6. The lowest BCUT2D eigenvalue weighted by atomic mass is 10.0. The molecule has 1 aromatic rings. The van der Waals surface area contributed by atoms with E-state index in [1.54, 1.807) is 0 Å². The van der Waals surface area contributed by atoms with Crippen molar-refractivity contribution in [2.45, 2.75) is 39.2 Å². The summed E-state index contributed by atoms with van der Waals surface area (Å²) >= 11 is 0. The second kappa shape index (κ2) is 5.01. The van der Waals surface area contributed by atoms with E-state index in [1.165, 1.54) is 0 Å². The highest BCUT2D eigenvalue weighted by Gasteiger charge is 2.17. The van der Waals surface area contributed by atoms with Gasteiger partial charge < -0.3 is 11.1 Å². The number of carbonyl (C=O) groups excluding carboxylic acids is 1. The first-order valence-electron chi connectivity index (χ1n) is 5.58. The van der Waals surface area contributed by atoms with Gasteiger partial charge in [-0.15, -0.1) is 0 Å². The van der Waals surface area contributed by atoms with Gasteiger partial charge >= 0.3 is 0 Å². The third kappa shape index (κ3) is 3.93. The number of rotatable bonds is 4. The van der Waals surface area contributed by atoms with Crippen LogP contribution in [-0.4, -0.2) is 11.4 Å². The van der Waals surface area contributed by atoms with E-state index in [-0.39, 0.29) is 11.4 Å². The lowest BCUT2D eigenvalue weighted by Crippen LogP contribution is -2.43. The summed E-state index contributed by atoms with van der Waals surface area (Å²) in [6.07, 6.45) is 1.30. The maximum absolute atomic E-state index is 11.7. The molecule has 1 aromatic carbocycles. The molecule has 0 unspecified atom stereocenters. The summed E-state index contributed by atoms with van der Waals surface area (Å²) in [5.74, 6) is 0.0393. The number of carbonyl (C=O) groups is 1. The third-order valence-electron chi connectivity index (χ3n) is 2.68. The van der Waals surface area contributed by atoms with Gasteiger partial charge in [0.15, 0.2) is 0 Å². The van der Waals surface area contributed by atoms with Gasteiger partial charge in [-0.05, 0) is 38.0 Å². The van der Waals surface area contributed by atoms with Crippen molar-refractivity contribution in [3.05, 3.63) is 29.8 Å². The zero-order valence-electron chi connectivity index (χ0n) is 10.2. The van der Waals surface area contributed by atoms with Crippen molar-refractivity contribution >= 4 is 11.6 Å². The first-order chi connectivity index (χ1) is 7.43. The lowest BCUT2D eigenvalue weighted by molar-refractivity contribution is -0.122. The number of anilines is 1. The molecule has 0 atom stereocenters. The van der Waals surface area contributed by atoms with Gasteiger partial charge in [0.05, 0.1) is 6.42 Å². The summed E-state index contributed by atoms with van der Waals surface area (Å²) in [7, 11) is 0. The number of amides is 1. The summed E-state index contributed by atoms with van der Waals surface area (Å²) in [4.78, 5) is 11.7. The van der Waals surface area contributed by atoms with Gasteiger partial charge in [0.1, 0.15) is 0 Å². The predicted octanol–water partition coefficient (Wildman–Crippen LogP) is 2.12. The van der Waals surface area contributed by atoms with Gasteiger partial charge in [-0.25, -0.2) is 0 Å². The number of hydrogen-bond acceptors (Lipinski definition) is 2. The molecule has 0 saturated heterocycles. The van der Waals surface area contributed by atoms with E-state index in [9.17, 15) is 4.79 Å². The lowest BCUT2D eigenvalue weighted by Gasteiger charge is -2.24. The number of benzene rings is 1. The highest BCUT2D eigenvalue weighted by molar-refractivity contribution is 5.79. The van der Waals surface area contributed by atoms with Crippen LogP contribution >= 0.6 is 0 Å². The van der Waals surface area contributed by atoms with Crippen LogP contribution in [0, 0.1) is 0 Å². The maximum Gasteiger partial charge on any atom is 0.224 e. The van der Waals surface area contributed by atoms with E-state index >= 15 is 0 Å². The van der Waals surface area contributed by atoms with Crippen LogP contribution in [0.2, 0.25) is 0 Å². The number of nitrogens with two attached hydrogens (primary N) is 1. The number of nitrogen functional groups attached to an aromatic ring is 1. The molecule has 0 aliphatic heterocycles. The molecule has 0 spiro atoms. The Kier molecular flexibility index (Phi) is 3.93. The molecule has 1 rings (SSSR count). The Morgan fingerprint density at radius 1 is 1.44 bits per heavy atom. The third-order valence-corrected chi connectivity index (χ3v) is 2.68. The summed E-state index contributed by atoms with van der Waals surface area (Å²) in [6, 6.07) is 7.42. The Balaban J connectivity index is 2.59. The highest BCUT2D eigenvalue weighted by atomic mass is 16.1. The predicted molar refractivity (Wildman–Crippen MR) is 67.1 cm³/mol. The molecule has 0 bridgehead atoms. The number of hydrogen-bond donors (Lipinski definition) is 2.